The fourth-order valence-corrected chi connectivity index (χ4v) is 2.72. The zero-order valence-electron chi connectivity index (χ0n) is 13.8. The van der Waals surface area contributed by atoms with Crippen LogP contribution in [0.4, 0.5) is 13.2 Å². The van der Waals surface area contributed by atoms with Gasteiger partial charge >= 0.3 is 12.1 Å². The molecule has 2 aromatic heterocycles. The summed E-state index contributed by atoms with van der Waals surface area (Å²) in [5, 5.41) is 2.09. The van der Waals surface area contributed by atoms with Crippen LogP contribution < -0.4 is 5.56 Å². The van der Waals surface area contributed by atoms with Gasteiger partial charge in [-0.25, -0.2) is 9.50 Å². The predicted molar refractivity (Wildman–Crippen MR) is 86.7 cm³/mol. The topological polar surface area (TPSA) is 76.5 Å². The molecule has 3 rings (SSSR count). The predicted octanol–water partition coefficient (Wildman–Crippen LogP) is 2.73. The Morgan fingerprint density at radius 3 is 2.50 bits per heavy atom. The number of aryl methyl sites for hydroxylation is 1. The van der Waals surface area contributed by atoms with Gasteiger partial charge < -0.3 is 4.74 Å². The minimum Gasteiger partial charge on any atom is -0.469 e. The normalized spacial score (nSPS) is 11.7. The molecule has 1 N–H and O–H groups in total. The van der Waals surface area contributed by atoms with Crippen LogP contribution in [0.15, 0.2) is 35.1 Å². The average molecular weight is 365 g/mol. The Morgan fingerprint density at radius 2 is 1.92 bits per heavy atom. The molecule has 0 spiro atoms. The number of carbonyl (C=O) groups excluding carboxylic acids is 1. The number of carbonyl (C=O) groups is 1. The molecule has 3 aromatic rings. The number of esters is 1. The van der Waals surface area contributed by atoms with E-state index >= 15 is 0 Å². The van der Waals surface area contributed by atoms with E-state index in [-0.39, 0.29) is 34.5 Å². The monoisotopic (exact) mass is 365 g/mol. The van der Waals surface area contributed by atoms with Crippen molar-refractivity contribution >= 4 is 11.6 Å². The van der Waals surface area contributed by atoms with Crippen LogP contribution in [0.1, 0.15) is 17.0 Å². The number of aromatic nitrogens is 3. The van der Waals surface area contributed by atoms with Crippen LogP contribution >= 0.6 is 0 Å². The molecule has 2 heterocycles. The van der Waals surface area contributed by atoms with Crippen LogP contribution in [0.5, 0.6) is 0 Å². The molecule has 136 valence electrons. The van der Waals surface area contributed by atoms with Gasteiger partial charge in [-0.3, -0.25) is 14.7 Å². The van der Waals surface area contributed by atoms with Crippen molar-refractivity contribution in [3.8, 4) is 11.1 Å². The second-order valence-corrected chi connectivity index (χ2v) is 5.62. The summed E-state index contributed by atoms with van der Waals surface area (Å²) in [6, 6.07) is 7.86. The molecule has 0 saturated carbocycles. The number of ether oxygens (including phenoxy) is 1. The number of nitrogens with one attached hydrogen (secondary N) is 1. The quantitative estimate of drug-likeness (QED) is 0.724. The molecule has 0 fully saturated rings. The van der Waals surface area contributed by atoms with Gasteiger partial charge in [0.1, 0.15) is 5.69 Å². The number of nitrogens with zero attached hydrogens (tertiary/aromatic N) is 2. The van der Waals surface area contributed by atoms with Crippen molar-refractivity contribution in [3.63, 3.8) is 0 Å². The molecule has 0 aliphatic rings. The molecule has 0 bridgehead atoms. The summed E-state index contributed by atoms with van der Waals surface area (Å²) in [5.41, 5.74) is -1.81. The van der Waals surface area contributed by atoms with E-state index < -0.39 is 23.4 Å². The van der Waals surface area contributed by atoms with Crippen LogP contribution in [-0.2, 0) is 22.1 Å². The molecule has 0 unspecified atom stereocenters. The zero-order chi connectivity index (χ0) is 19.1. The maximum Gasteiger partial charge on any atom is 0.433 e. The Morgan fingerprint density at radius 1 is 1.27 bits per heavy atom. The fraction of sp³-hybridized carbons (Fsp3) is 0.235. The Bertz CT molecular complexity index is 1040. The molecule has 0 saturated heterocycles. The van der Waals surface area contributed by atoms with E-state index in [4.69, 9.17) is 0 Å². The van der Waals surface area contributed by atoms with E-state index in [1.807, 2.05) is 0 Å². The number of halogens is 3. The first-order chi connectivity index (χ1) is 12.2. The van der Waals surface area contributed by atoms with E-state index in [2.05, 4.69) is 14.8 Å². The molecule has 0 radical (unpaired) electrons. The summed E-state index contributed by atoms with van der Waals surface area (Å²) >= 11 is 0. The fourth-order valence-electron chi connectivity index (χ4n) is 2.72. The lowest BCUT2D eigenvalue weighted by Crippen LogP contribution is -2.24. The lowest BCUT2D eigenvalue weighted by atomic mass is 10.1. The number of hydrogen-bond donors (Lipinski definition) is 1. The van der Waals surface area contributed by atoms with Crippen molar-refractivity contribution in [2.75, 3.05) is 7.11 Å². The summed E-state index contributed by atoms with van der Waals surface area (Å²) in [6.07, 6.45) is -5.10. The molecule has 0 aliphatic carbocycles. The summed E-state index contributed by atoms with van der Waals surface area (Å²) in [4.78, 5) is 28.3. The SMILES string of the molecule is COC(=O)Cc1c(C)nc2c(-c3ccccc3)c(C(F)(F)F)[nH]n2c1=O. The van der Waals surface area contributed by atoms with Gasteiger partial charge in [0, 0.05) is 5.69 Å². The smallest absolute Gasteiger partial charge is 0.433 e. The van der Waals surface area contributed by atoms with Gasteiger partial charge in [-0.2, -0.15) is 13.2 Å². The third-order valence-electron chi connectivity index (χ3n) is 3.98. The van der Waals surface area contributed by atoms with Gasteiger partial charge in [-0.05, 0) is 12.5 Å². The molecule has 0 amide bonds. The van der Waals surface area contributed by atoms with Crippen molar-refractivity contribution in [1.29, 1.82) is 0 Å². The van der Waals surface area contributed by atoms with Crippen molar-refractivity contribution in [3.05, 3.63) is 57.6 Å². The Labute approximate surface area is 145 Å². The van der Waals surface area contributed by atoms with Gasteiger partial charge in [-0.1, -0.05) is 30.3 Å². The number of methoxy groups -OCH3 is 1. The van der Waals surface area contributed by atoms with E-state index in [0.29, 0.717) is 0 Å². The molecular weight excluding hydrogens is 351 g/mol. The standard InChI is InChI=1S/C17H14F3N3O3/c1-9-11(8-12(24)26-2)16(25)23-15(21-9)13(10-6-4-3-5-7-10)14(22-23)17(18,19)20/h3-7,22H,8H2,1-2H3. The first-order valence-corrected chi connectivity index (χ1v) is 7.57. The summed E-state index contributed by atoms with van der Waals surface area (Å²) < 4.78 is 45.8. The van der Waals surface area contributed by atoms with Crippen molar-refractivity contribution in [1.82, 2.24) is 14.6 Å². The first kappa shape index (κ1) is 17.7. The highest BCUT2D eigenvalue weighted by Gasteiger charge is 2.38. The number of benzene rings is 1. The number of H-pyrrole nitrogens is 1. The van der Waals surface area contributed by atoms with E-state index in [9.17, 15) is 22.8 Å². The number of fused-ring (bicyclic) bond motifs is 1. The largest absolute Gasteiger partial charge is 0.469 e. The third-order valence-corrected chi connectivity index (χ3v) is 3.98. The number of aromatic amines is 1. The second-order valence-electron chi connectivity index (χ2n) is 5.62. The lowest BCUT2D eigenvalue weighted by molar-refractivity contribution is -0.141. The molecule has 6 nitrogen and oxygen atoms in total. The Kier molecular flexibility index (Phi) is 4.31. The van der Waals surface area contributed by atoms with Crippen LogP contribution in [-0.4, -0.2) is 27.7 Å². The zero-order valence-corrected chi connectivity index (χ0v) is 13.8. The highest BCUT2D eigenvalue weighted by Crippen LogP contribution is 2.38. The van der Waals surface area contributed by atoms with Gasteiger partial charge in [0.25, 0.3) is 5.56 Å². The third kappa shape index (κ3) is 2.96. The van der Waals surface area contributed by atoms with Gasteiger partial charge in [-0.15, -0.1) is 0 Å². The van der Waals surface area contributed by atoms with Crippen LogP contribution in [0.25, 0.3) is 16.8 Å². The highest BCUT2D eigenvalue weighted by molar-refractivity contribution is 5.81. The molecular formula is C17H14F3N3O3. The molecule has 0 atom stereocenters. The van der Waals surface area contributed by atoms with Gasteiger partial charge in [0.15, 0.2) is 5.65 Å². The summed E-state index contributed by atoms with van der Waals surface area (Å²) in [6.45, 7) is 1.47. The molecule has 1 aromatic carbocycles. The molecule has 0 aliphatic heterocycles. The highest BCUT2D eigenvalue weighted by atomic mass is 19.4. The summed E-state index contributed by atoms with van der Waals surface area (Å²) in [5.74, 6) is -0.683. The maximum atomic E-state index is 13.5. The minimum absolute atomic E-state index is 0.0241. The summed E-state index contributed by atoms with van der Waals surface area (Å²) in [7, 11) is 1.16. The van der Waals surface area contributed by atoms with Gasteiger partial charge in [0.05, 0.1) is 24.7 Å². The Hall–Kier alpha value is -3.10. The van der Waals surface area contributed by atoms with E-state index in [1.54, 1.807) is 18.2 Å². The molecule has 9 heteroatoms. The average Bonchev–Trinajstić information content (AvgIpc) is 2.99. The molecule has 26 heavy (non-hydrogen) atoms. The minimum atomic E-state index is -4.72. The van der Waals surface area contributed by atoms with Crippen LogP contribution in [0.3, 0.4) is 0 Å². The number of rotatable bonds is 3. The Balaban J connectivity index is 2.36. The van der Waals surface area contributed by atoms with Gasteiger partial charge in [0.2, 0.25) is 0 Å². The van der Waals surface area contributed by atoms with Crippen molar-refractivity contribution in [2.24, 2.45) is 0 Å². The second kappa shape index (κ2) is 6.32. The van der Waals surface area contributed by atoms with Crippen LogP contribution in [0, 0.1) is 6.92 Å². The van der Waals surface area contributed by atoms with E-state index in [1.165, 1.54) is 19.1 Å². The number of hydrogen-bond acceptors (Lipinski definition) is 4. The lowest BCUT2D eigenvalue weighted by Gasteiger charge is -2.07. The van der Waals surface area contributed by atoms with E-state index in [0.717, 1.165) is 11.6 Å². The van der Waals surface area contributed by atoms with Crippen LogP contribution in [0.2, 0.25) is 0 Å². The number of alkyl halides is 3. The van der Waals surface area contributed by atoms with Crippen molar-refractivity contribution in [2.45, 2.75) is 19.5 Å². The maximum absolute atomic E-state index is 13.5. The van der Waals surface area contributed by atoms with Crippen molar-refractivity contribution < 1.29 is 22.7 Å². The first-order valence-electron chi connectivity index (χ1n) is 7.57.